The van der Waals surface area contributed by atoms with Crippen molar-refractivity contribution in [2.24, 2.45) is 17.8 Å². The second kappa shape index (κ2) is 10.8. The summed E-state index contributed by atoms with van der Waals surface area (Å²) in [6.45, 7) is 10.7. The molecule has 1 saturated carbocycles. The molecule has 2 fully saturated rings. The van der Waals surface area contributed by atoms with E-state index in [4.69, 9.17) is 4.74 Å². The number of carbonyl (C=O) groups is 1. The summed E-state index contributed by atoms with van der Waals surface area (Å²) in [6.07, 6.45) is 12.1. The van der Waals surface area contributed by atoms with Crippen molar-refractivity contribution < 1.29 is 9.53 Å². The molecule has 0 unspecified atom stereocenters. The van der Waals surface area contributed by atoms with Crippen LogP contribution in [0.3, 0.4) is 0 Å². The molecule has 3 heterocycles. The van der Waals surface area contributed by atoms with Gasteiger partial charge in [-0.1, -0.05) is 26.7 Å². The molecular weight excluding hydrogens is 386 g/mol. The van der Waals surface area contributed by atoms with Crippen molar-refractivity contribution >= 4 is 11.6 Å². The van der Waals surface area contributed by atoms with Gasteiger partial charge in [-0.25, -0.2) is 4.98 Å². The summed E-state index contributed by atoms with van der Waals surface area (Å²) >= 11 is 0. The second-order valence-electron chi connectivity index (χ2n) is 10.4. The second-order valence-corrected chi connectivity index (χ2v) is 10.4. The van der Waals surface area contributed by atoms with Crippen molar-refractivity contribution in [3.05, 3.63) is 17.8 Å². The molecule has 0 N–H and O–H groups in total. The van der Waals surface area contributed by atoms with Crippen LogP contribution in [0.5, 0.6) is 5.75 Å². The highest BCUT2D eigenvalue weighted by molar-refractivity contribution is 5.78. The number of carbonyl (C=O) groups excluding carboxylic acids is 1. The zero-order valence-corrected chi connectivity index (χ0v) is 19.7. The highest BCUT2D eigenvalue weighted by Gasteiger charge is 2.26. The largest absolute Gasteiger partial charge is 0.489 e. The van der Waals surface area contributed by atoms with E-state index in [1.165, 1.54) is 44.2 Å². The summed E-state index contributed by atoms with van der Waals surface area (Å²) < 4.78 is 5.85. The van der Waals surface area contributed by atoms with Crippen molar-refractivity contribution in [1.82, 2.24) is 9.88 Å². The topological polar surface area (TPSA) is 45.7 Å². The number of fused-ring (bicyclic) bond motifs is 1. The van der Waals surface area contributed by atoms with Gasteiger partial charge in [0.05, 0.1) is 6.61 Å². The van der Waals surface area contributed by atoms with Crippen LogP contribution < -0.4 is 9.64 Å². The van der Waals surface area contributed by atoms with E-state index in [0.717, 1.165) is 76.0 Å². The molecule has 4 rings (SSSR count). The molecule has 5 nitrogen and oxygen atoms in total. The van der Waals surface area contributed by atoms with Gasteiger partial charge in [-0.05, 0) is 56.0 Å². The molecule has 0 radical (unpaired) electrons. The first kappa shape index (κ1) is 22.6. The molecule has 5 heteroatoms. The molecule has 0 amide bonds. The molecule has 0 atom stereocenters. The van der Waals surface area contributed by atoms with Crippen molar-refractivity contribution in [2.75, 3.05) is 44.2 Å². The number of hydrogen-bond acceptors (Lipinski definition) is 5. The van der Waals surface area contributed by atoms with Crippen molar-refractivity contribution in [1.29, 1.82) is 0 Å². The van der Waals surface area contributed by atoms with Crippen LogP contribution in [0.1, 0.15) is 70.8 Å². The maximum absolute atomic E-state index is 12.2. The zero-order chi connectivity index (χ0) is 21.6. The molecule has 1 saturated heterocycles. The minimum absolute atomic E-state index is 0.499. The molecule has 1 aliphatic carbocycles. The summed E-state index contributed by atoms with van der Waals surface area (Å²) in [5.41, 5.74) is 1.31. The third kappa shape index (κ3) is 6.21. The van der Waals surface area contributed by atoms with Crippen LogP contribution in [0, 0.1) is 17.8 Å². The van der Waals surface area contributed by atoms with Gasteiger partial charge in [0.15, 0.2) is 11.6 Å². The predicted molar refractivity (Wildman–Crippen MR) is 126 cm³/mol. The Hall–Kier alpha value is -1.62. The molecule has 1 aromatic rings. The zero-order valence-electron chi connectivity index (χ0n) is 19.7. The Balaban J connectivity index is 1.13. The van der Waals surface area contributed by atoms with Crippen LogP contribution in [0.2, 0.25) is 0 Å². The van der Waals surface area contributed by atoms with Crippen LogP contribution in [0.25, 0.3) is 0 Å². The fourth-order valence-electron chi connectivity index (χ4n) is 5.46. The van der Waals surface area contributed by atoms with E-state index in [9.17, 15) is 4.79 Å². The summed E-state index contributed by atoms with van der Waals surface area (Å²) in [6, 6.07) is 2.10. The van der Waals surface area contributed by atoms with E-state index in [-0.39, 0.29) is 0 Å². The van der Waals surface area contributed by atoms with Gasteiger partial charge >= 0.3 is 0 Å². The lowest BCUT2D eigenvalue weighted by Gasteiger charge is -2.37. The number of pyridine rings is 1. The molecule has 3 aliphatic rings. The van der Waals surface area contributed by atoms with Crippen LogP contribution >= 0.6 is 0 Å². The van der Waals surface area contributed by atoms with Gasteiger partial charge in [0.2, 0.25) is 0 Å². The number of Topliss-reactive ketones (excluding diaryl/α,β-unsaturated/α-hetero) is 1. The van der Waals surface area contributed by atoms with E-state index >= 15 is 0 Å². The summed E-state index contributed by atoms with van der Waals surface area (Å²) in [7, 11) is 0. The molecule has 31 heavy (non-hydrogen) atoms. The third-order valence-corrected chi connectivity index (χ3v) is 7.59. The van der Waals surface area contributed by atoms with Crippen molar-refractivity contribution in [3.63, 3.8) is 0 Å². The average molecular weight is 428 g/mol. The molecule has 0 spiro atoms. The number of hydrogen-bond donors (Lipinski definition) is 0. The maximum Gasteiger partial charge on any atom is 0.171 e. The van der Waals surface area contributed by atoms with Gasteiger partial charge in [0.1, 0.15) is 5.78 Å². The van der Waals surface area contributed by atoms with E-state index in [1.54, 1.807) is 0 Å². The molecule has 1 aromatic heterocycles. The highest BCUT2D eigenvalue weighted by Crippen LogP contribution is 2.35. The fraction of sp³-hybridized carbons (Fsp3) is 0.769. The first-order valence-corrected chi connectivity index (χ1v) is 12.7. The van der Waals surface area contributed by atoms with Crippen LogP contribution in [-0.4, -0.2) is 55.0 Å². The van der Waals surface area contributed by atoms with Crippen LogP contribution in [0.15, 0.2) is 12.3 Å². The standard InChI is InChI=1S/C26H41N3O2/c1-20(2)3-8-24(30)19-22-6-4-21(5-7-22)10-13-28-14-16-29(17-15-28)26-25-23(9-12-27-26)11-18-31-25/h9,12,20-22H,3-8,10-11,13-19H2,1-2H3. The Labute approximate surface area is 188 Å². The Morgan fingerprint density at radius 2 is 1.87 bits per heavy atom. The summed E-state index contributed by atoms with van der Waals surface area (Å²) in [4.78, 5) is 21.9. The smallest absolute Gasteiger partial charge is 0.171 e. The lowest BCUT2D eigenvalue weighted by Crippen LogP contribution is -2.47. The van der Waals surface area contributed by atoms with Gasteiger partial charge in [0, 0.05) is 57.2 Å². The normalized spacial score (nSPS) is 24.3. The summed E-state index contributed by atoms with van der Waals surface area (Å²) in [5.74, 6) is 4.72. The summed E-state index contributed by atoms with van der Waals surface area (Å²) in [5, 5.41) is 0. The quantitative estimate of drug-likeness (QED) is 0.570. The number of aromatic nitrogens is 1. The monoisotopic (exact) mass is 427 g/mol. The van der Waals surface area contributed by atoms with E-state index in [1.807, 2.05) is 6.20 Å². The highest BCUT2D eigenvalue weighted by atomic mass is 16.5. The van der Waals surface area contributed by atoms with E-state index in [0.29, 0.717) is 17.6 Å². The Bertz CT molecular complexity index is 719. The Morgan fingerprint density at radius 3 is 2.61 bits per heavy atom. The number of nitrogens with zero attached hydrogens (tertiary/aromatic N) is 3. The first-order chi connectivity index (χ1) is 15.1. The number of anilines is 1. The van der Waals surface area contributed by atoms with Crippen LogP contribution in [-0.2, 0) is 11.2 Å². The number of ketones is 1. The van der Waals surface area contributed by atoms with Crippen LogP contribution in [0.4, 0.5) is 5.82 Å². The minimum Gasteiger partial charge on any atom is -0.489 e. The van der Waals surface area contributed by atoms with E-state index in [2.05, 4.69) is 34.7 Å². The van der Waals surface area contributed by atoms with Gasteiger partial charge < -0.3 is 9.64 Å². The maximum atomic E-state index is 12.2. The molecule has 0 bridgehead atoms. The van der Waals surface area contributed by atoms with Gasteiger partial charge in [-0.3, -0.25) is 9.69 Å². The fourth-order valence-corrected chi connectivity index (χ4v) is 5.46. The predicted octanol–water partition coefficient (Wildman–Crippen LogP) is 4.73. The molecule has 2 aliphatic heterocycles. The van der Waals surface area contributed by atoms with Gasteiger partial charge in [0.25, 0.3) is 0 Å². The lowest BCUT2D eigenvalue weighted by atomic mass is 9.78. The SMILES string of the molecule is CC(C)CCC(=O)CC1CCC(CCN2CCN(c3nccc4c3OCC4)CC2)CC1. The van der Waals surface area contributed by atoms with E-state index < -0.39 is 0 Å². The molecule has 172 valence electrons. The lowest BCUT2D eigenvalue weighted by molar-refractivity contribution is -0.120. The minimum atomic E-state index is 0.499. The number of rotatable bonds is 9. The average Bonchev–Trinajstić information content (AvgIpc) is 3.27. The number of ether oxygens (including phenoxy) is 1. The van der Waals surface area contributed by atoms with Gasteiger partial charge in [-0.2, -0.15) is 0 Å². The Morgan fingerprint density at radius 1 is 1.13 bits per heavy atom. The Kier molecular flexibility index (Phi) is 7.86. The molecule has 0 aromatic carbocycles. The van der Waals surface area contributed by atoms with Gasteiger partial charge in [-0.15, -0.1) is 0 Å². The number of piperazine rings is 1. The third-order valence-electron chi connectivity index (χ3n) is 7.59. The molecular formula is C26H41N3O2. The van der Waals surface area contributed by atoms with Crippen molar-refractivity contribution in [2.45, 2.75) is 71.6 Å². The first-order valence-electron chi connectivity index (χ1n) is 12.7. The van der Waals surface area contributed by atoms with Crippen molar-refractivity contribution in [3.8, 4) is 5.75 Å².